The highest BCUT2D eigenvalue weighted by atomic mass is 35.5. The summed E-state index contributed by atoms with van der Waals surface area (Å²) >= 11 is 6.45. The molecule has 33 heavy (non-hydrogen) atoms. The van der Waals surface area contributed by atoms with Gasteiger partial charge in [0.25, 0.3) is 5.91 Å². The maximum atomic E-state index is 12.8. The van der Waals surface area contributed by atoms with Crippen LogP contribution in [-0.4, -0.2) is 36.6 Å². The highest BCUT2D eigenvalue weighted by Gasteiger charge is 2.26. The number of halogens is 1. The number of pyridine rings is 1. The normalized spacial score (nSPS) is 15.5. The molecule has 5 rings (SSSR count). The van der Waals surface area contributed by atoms with E-state index in [0.29, 0.717) is 46.2 Å². The van der Waals surface area contributed by atoms with Gasteiger partial charge in [-0.3, -0.25) is 14.1 Å². The number of anilines is 2. The number of nitrogens with one attached hydrogen (secondary N) is 2. The Morgan fingerprint density at radius 3 is 2.67 bits per heavy atom. The van der Waals surface area contributed by atoms with E-state index in [1.54, 1.807) is 48.7 Å². The molecule has 0 bridgehead atoms. The number of H-pyrrole nitrogens is 1. The number of sulfonamides is 1. The van der Waals surface area contributed by atoms with Crippen LogP contribution in [0.25, 0.3) is 22.2 Å². The number of nitrogens with zero attached hydrogens (tertiary/aromatic N) is 2. The summed E-state index contributed by atoms with van der Waals surface area (Å²) in [5.41, 5.74) is 3.84. The summed E-state index contributed by atoms with van der Waals surface area (Å²) in [7, 11) is -3.29. The topological polar surface area (TPSA) is 95.2 Å². The van der Waals surface area contributed by atoms with Gasteiger partial charge in [0.05, 0.1) is 27.7 Å². The van der Waals surface area contributed by atoms with Crippen molar-refractivity contribution in [3.63, 3.8) is 0 Å². The maximum absolute atomic E-state index is 12.8. The van der Waals surface area contributed by atoms with E-state index in [4.69, 9.17) is 11.6 Å². The van der Waals surface area contributed by atoms with Gasteiger partial charge in [-0.25, -0.2) is 8.42 Å². The molecule has 3 heterocycles. The van der Waals surface area contributed by atoms with E-state index >= 15 is 0 Å². The molecular weight excluding hydrogens is 460 g/mol. The maximum Gasteiger partial charge on any atom is 0.255 e. The number of carbonyl (C=O) groups is 1. The lowest BCUT2D eigenvalue weighted by Gasteiger charge is -2.28. The van der Waals surface area contributed by atoms with Crippen LogP contribution in [0, 0.1) is 0 Å². The van der Waals surface area contributed by atoms with E-state index in [2.05, 4.69) is 15.3 Å². The quantitative estimate of drug-likeness (QED) is 0.426. The molecular formula is C24H21ClN4O3S. The molecule has 0 atom stereocenters. The van der Waals surface area contributed by atoms with Gasteiger partial charge in [-0.05, 0) is 67.4 Å². The first-order chi connectivity index (χ1) is 15.9. The van der Waals surface area contributed by atoms with E-state index in [0.717, 1.165) is 17.3 Å². The average Bonchev–Trinajstić information content (AvgIpc) is 3.29. The van der Waals surface area contributed by atoms with Crippen LogP contribution in [0.2, 0.25) is 5.02 Å². The van der Waals surface area contributed by atoms with Crippen LogP contribution >= 0.6 is 11.6 Å². The molecule has 168 valence electrons. The second kappa shape index (κ2) is 8.53. The number of benzene rings is 2. The van der Waals surface area contributed by atoms with E-state index in [9.17, 15) is 13.2 Å². The smallest absolute Gasteiger partial charge is 0.255 e. The average molecular weight is 481 g/mol. The Kier molecular flexibility index (Phi) is 5.55. The predicted molar refractivity (Wildman–Crippen MR) is 131 cm³/mol. The third-order valence-electron chi connectivity index (χ3n) is 5.72. The summed E-state index contributed by atoms with van der Waals surface area (Å²) in [6.07, 6.45) is 5.06. The molecule has 9 heteroatoms. The SMILES string of the molecule is O=C(Nc1ccc(Cl)c(-c2nccc3cc[nH]c23)c1)c1ccc(N2CCCCS2(=O)=O)cc1. The minimum Gasteiger partial charge on any atom is -0.359 e. The van der Waals surface area contributed by atoms with Crippen LogP contribution < -0.4 is 9.62 Å². The molecule has 2 aromatic heterocycles. The molecule has 2 N–H and O–H groups in total. The molecule has 1 amide bonds. The van der Waals surface area contributed by atoms with Gasteiger partial charge in [0.1, 0.15) is 0 Å². The van der Waals surface area contributed by atoms with Gasteiger partial charge >= 0.3 is 0 Å². The lowest BCUT2D eigenvalue weighted by atomic mass is 10.1. The molecule has 0 unspecified atom stereocenters. The summed E-state index contributed by atoms with van der Waals surface area (Å²) in [6, 6.07) is 15.7. The first kappa shape index (κ1) is 21.5. The molecule has 1 saturated heterocycles. The van der Waals surface area contributed by atoms with Crippen LogP contribution in [0.1, 0.15) is 23.2 Å². The van der Waals surface area contributed by atoms with Crippen LogP contribution in [0.4, 0.5) is 11.4 Å². The Labute approximate surface area is 196 Å². The zero-order valence-electron chi connectivity index (χ0n) is 17.6. The zero-order chi connectivity index (χ0) is 23.0. The van der Waals surface area contributed by atoms with Crippen LogP contribution in [0.15, 0.2) is 67.0 Å². The molecule has 0 radical (unpaired) electrons. The van der Waals surface area contributed by atoms with Crippen molar-refractivity contribution in [2.75, 3.05) is 21.9 Å². The number of aromatic amines is 1. The molecule has 1 aliphatic heterocycles. The minimum absolute atomic E-state index is 0.152. The van der Waals surface area contributed by atoms with Crippen molar-refractivity contribution in [2.24, 2.45) is 0 Å². The highest BCUT2D eigenvalue weighted by Crippen LogP contribution is 2.33. The van der Waals surface area contributed by atoms with Crippen LogP contribution in [0.3, 0.4) is 0 Å². The Balaban J connectivity index is 1.38. The molecule has 0 aliphatic carbocycles. The highest BCUT2D eigenvalue weighted by molar-refractivity contribution is 7.92. The van der Waals surface area contributed by atoms with Gasteiger partial charge in [-0.15, -0.1) is 0 Å². The van der Waals surface area contributed by atoms with E-state index in [1.807, 2.05) is 18.3 Å². The number of amides is 1. The minimum atomic E-state index is -3.29. The zero-order valence-corrected chi connectivity index (χ0v) is 19.2. The van der Waals surface area contributed by atoms with E-state index < -0.39 is 10.0 Å². The monoisotopic (exact) mass is 480 g/mol. The lowest BCUT2D eigenvalue weighted by Crippen LogP contribution is -2.37. The largest absolute Gasteiger partial charge is 0.359 e. The fraction of sp³-hybridized carbons (Fsp3) is 0.167. The van der Waals surface area contributed by atoms with Crippen molar-refractivity contribution in [2.45, 2.75) is 12.8 Å². The molecule has 0 saturated carbocycles. The summed E-state index contributed by atoms with van der Waals surface area (Å²) in [5, 5.41) is 4.42. The van der Waals surface area contributed by atoms with Gasteiger partial charge in [0, 0.05) is 41.1 Å². The second-order valence-corrected chi connectivity index (χ2v) is 10.3. The second-order valence-electron chi connectivity index (χ2n) is 7.89. The van der Waals surface area contributed by atoms with Gasteiger partial charge in [0.2, 0.25) is 10.0 Å². The fourth-order valence-electron chi connectivity index (χ4n) is 4.03. The predicted octanol–water partition coefficient (Wildman–Crippen LogP) is 5.07. The Morgan fingerprint density at radius 2 is 1.88 bits per heavy atom. The number of aromatic nitrogens is 2. The van der Waals surface area contributed by atoms with Crippen LogP contribution in [0.5, 0.6) is 0 Å². The van der Waals surface area contributed by atoms with Crippen molar-refractivity contribution in [3.8, 4) is 11.3 Å². The number of carbonyl (C=O) groups excluding carboxylic acids is 1. The summed E-state index contributed by atoms with van der Waals surface area (Å²) in [6.45, 7) is 0.461. The van der Waals surface area contributed by atoms with Gasteiger partial charge < -0.3 is 10.3 Å². The van der Waals surface area contributed by atoms with E-state index in [1.165, 1.54) is 4.31 Å². The standard InChI is InChI=1S/C24H21ClN4O3S/c25-21-8-5-18(15-20(21)23-22-16(9-11-26-22)10-12-27-23)28-24(30)17-3-6-19(7-4-17)29-13-1-2-14-33(29,31)32/h3-12,15,26H,1-2,13-14H2,(H,28,30). The van der Waals surface area contributed by atoms with Crippen LogP contribution in [-0.2, 0) is 10.0 Å². The van der Waals surface area contributed by atoms with Gasteiger partial charge in [-0.1, -0.05) is 11.6 Å². The molecule has 0 spiro atoms. The van der Waals surface area contributed by atoms with Crippen molar-refractivity contribution >= 4 is 49.8 Å². The number of fused-ring (bicyclic) bond motifs is 1. The molecule has 1 fully saturated rings. The number of hydrogen-bond donors (Lipinski definition) is 2. The molecule has 7 nitrogen and oxygen atoms in total. The van der Waals surface area contributed by atoms with Crippen molar-refractivity contribution in [1.82, 2.24) is 9.97 Å². The van der Waals surface area contributed by atoms with Gasteiger partial charge in [-0.2, -0.15) is 0 Å². The first-order valence-corrected chi connectivity index (χ1v) is 12.5. The van der Waals surface area contributed by atoms with Gasteiger partial charge in [0.15, 0.2) is 0 Å². The molecule has 1 aliphatic rings. The molecule has 2 aromatic carbocycles. The molecule has 4 aromatic rings. The number of rotatable bonds is 4. The van der Waals surface area contributed by atoms with E-state index in [-0.39, 0.29) is 11.7 Å². The Bertz CT molecular complexity index is 1450. The Morgan fingerprint density at radius 1 is 1.06 bits per heavy atom. The summed E-state index contributed by atoms with van der Waals surface area (Å²) in [5.74, 6) is -0.151. The van der Waals surface area contributed by atoms with Crippen molar-refractivity contribution < 1.29 is 13.2 Å². The number of hydrogen-bond acceptors (Lipinski definition) is 4. The third-order valence-corrected chi connectivity index (χ3v) is 7.92. The van der Waals surface area contributed by atoms with Crippen molar-refractivity contribution in [3.05, 3.63) is 77.6 Å². The Hall–Kier alpha value is -3.36. The lowest BCUT2D eigenvalue weighted by molar-refractivity contribution is 0.102. The first-order valence-electron chi connectivity index (χ1n) is 10.6. The fourth-order valence-corrected chi connectivity index (χ4v) is 5.88. The summed E-state index contributed by atoms with van der Waals surface area (Å²) < 4.78 is 26.0. The summed E-state index contributed by atoms with van der Waals surface area (Å²) in [4.78, 5) is 20.5. The third kappa shape index (κ3) is 4.19. The van der Waals surface area contributed by atoms with Crippen molar-refractivity contribution in [1.29, 1.82) is 0 Å².